The van der Waals surface area contributed by atoms with Gasteiger partial charge in [-0.05, 0) is 12.1 Å². The first kappa shape index (κ1) is 10.1. The van der Waals surface area contributed by atoms with Crippen LogP contribution in [0.1, 0.15) is 0 Å². The van der Waals surface area contributed by atoms with Crippen molar-refractivity contribution in [2.75, 3.05) is 36.5 Å². The minimum absolute atomic E-state index is 0.211. The Morgan fingerprint density at radius 1 is 1.41 bits per heavy atom. The molecule has 2 aliphatic rings. The number of anilines is 2. The van der Waals surface area contributed by atoms with E-state index in [1.807, 2.05) is 29.2 Å². The smallest absolute Gasteiger partial charge is 0.325 e. The lowest BCUT2D eigenvalue weighted by molar-refractivity contribution is -0.138. The van der Waals surface area contributed by atoms with E-state index >= 15 is 0 Å². The van der Waals surface area contributed by atoms with E-state index in [2.05, 4.69) is 9.89 Å². The second-order valence-electron chi connectivity index (χ2n) is 3.98. The van der Waals surface area contributed by atoms with Gasteiger partial charge in [-0.3, -0.25) is 14.7 Å². The second kappa shape index (κ2) is 3.76. The Kier molecular flexibility index (Phi) is 2.24. The maximum atomic E-state index is 11.4. The minimum Gasteiger partial charge on any atom is -0.468 e. The Morgan fingerprint density at radius 3 is 2.94 bits per heavy atom. The van der Waals surface area contributed by atoms with Crippen LogP contribution in [-0.2, 0) is 9.53 Å². The molecule has 2 heterocycles. The van der Waals surface area contributed by atoms with Crippen LogP contribution in [0.4, 0.5) is 11.4 Å². The number of carbonyl (C=O) groups excluding carboxylic acids is 1. The summed E-state index contributed by atoms with van der Waals surface area (Å²) in [6, 6.07) is 8.01. The van der Waals surface area contributed by atoms with Gasteiger partial charge in [0.05, 0.1) is 25.0 Å². The van der Waals surface area contributed by atoms with E-state index in [4.69, 9.17) is 4.74 Å². The maximum Gasteiger partial charge on any atom is 0.325 e. The Balaban J connectivity index is 1.99. The average molecular weight is 231 g/mol. The third kappa shape index (κ3) is 1.46. The highest BCUT2D eigenvalue weighted by atomic mass is 16.5. The van der Waals surface area contributed by atoms with Gasteiger partial charge in [-0.15, -0.1) is 0 Å². The van der Waals surface area contributed by atoms with Crippen molar-refractivity contribution in [2.45, 2.75) is 0 Å². The van der Waals surface area contributed by atoms with E-state index < -0.39 is 0 Å². The Morgan fingerprint density at radius 2 is 2.18 bits per heavy atom. The quantitative estimate of drug-likeness (QED) is 0.708. The average Bonchev–Trinajstić information content (AvgIpc) is 2.93. The lowest BCUT2D eigenvalue weighted by Crippen LogP contribution is -2.38. The molecule has 5 heteroatoms. The molecule has 0 aliphatic carbocycles. The number of nitrogens with zero attached hydrogens (tertiary/aromatic N) is 3. The van der Waals surface area contributed by atoms with Crippen LogP contribution in [0.2, 0.25) is 0 Å². The fourth-order valence-electron chi connectivity index (χ4n) is 2.27. The van der Waals surface area contributed by atoms with Crippen molar-refractivity contribution in [3.8, 4) is 0 Å². The lowest BCUT2D eigenvalue weighted by atomic mass is 10.2. The molecule has 3 rings (SSSR count). The van der Waals surface area contributed by atoms with Gasteiger partial charge >= 0.3 is 5.97 Å². The van der Waals surface area contributed by atoms with E-state index in [0.717, 1.165) is 30.4 Å². The van der Waals surface area contributed by atoms with Gasteiger partial charge in [0.25, 0.3) is 0 Å². The third-order valence-electron chi connectivity index (χ3n) is 3.04. The number of guanidine groups is 1. The predicted octanol–water partition coefficient (Wildman–Crippen LogP) is 0.856. The highest BCUT2D eigenvalue weighted by molar-refractivity contribution is 6.18. The van der Waals surface area contributed by atoms with Crippen LogP contribution in [0.5, 0.6) is 0 Å². The number of carbonyl (C=O) groups is 1. The van der Waals surface area contributed by atoms with Crippen molar-refractivity contribution in [1.82, 2.24) is 0 Å². The van der Waals surface area contributed by atoms with Gasteiger partial charge in [-0.25, -0.2) is 0 Å². The standard InChI is InChI=1S/C12H13N3O2/c1-17-11(16)8-15-10-5-3-2-4-9(10)14-7-6-13-12(14)15/h2-5H,6-8H2,1H3. The zero-order chi connectivity index (χ0) is 11.8. The lowest BCUT2D eigenvalue weighted by Gasteiger charge is -2.17. The third-order valence-corrected chi connectivity index (χ3v) is 3.04. The second-order valence-corrected chi connectivity index (χ2v) is 3.98. The zero-order valence-electron chi connectivity index (χ0n) is 9.59. The summed E-state index contributed by atoms with van der Waals surface area (Å²) in [4.78, 5) is 19.9. The van der Waals surface area contributed by atoms with Crippen LogP contribution < -0.4 is 9.80 Å². The number of benzene rings is 1. The van der Waals surface area contributed by atoms with Crippen molar-refractivity contribution < 1.29 is 9.53 Å². The number of para-hydroxylation sites is 2. The minimum atomic E-state index is -0.253. The monoisotopic (exact) mass is 231 g/mol. The van der Waals surface area contributed by atoms with Crippen LogP contribution in [0, 0.1) is 0 Å². The summed E-state index contributed by atoms with van der Waals surface area (Å²) in [5.41, 5.74) is 2.14. The van der Waals surface area contributed by atoms with E-state index in [-0.39, 0.29) is 12.5 Å². The van der Waals surface area contributed by atoms with Crippen molar-refractivity contribution >= 4 is 23.3 Å². The van der Waals surface area contributed by atoms with Gasteiger partial charge in [0.15, 0.2) is 0 Å². The molecular formula is C12H13N3O2. The Labute approximate surface area is 99.3 Å². The molecule has 0 fully saturated rings. The van der Waals surface area contributed by atoms with Crippen molar-refractivity contribution in [3.63, 3.8) is 0 Å². The highest BCUT2D eigenvalue weighted by Crippen LogP contribution is 2.38. The summed E-state index contributed by atoms with van der Waals surface area (Å²) in [6.07, 6.45) is 0. The van der Waals surface area contributed by atoms with Crippen LogP contribution >= 0.6 is 0 Å². The number of methoxy groups -OCH3 is 1. The first-order valence-electron chi connectivity index (χ1n) is 5.56. The molecule has 2 aliphatic heterocycles. The van der Waals surface area contributed by atoms with E-state index in [1.54, 1.807) is 0 Å². The molecule has 0 atom stereocenters. The Bertz CT molecular complexity index is 498. The van der Waals surface area contributed by atoms with Gasteiger partial charge in [0.2, 0.25) is 5.96 Å². The number of rotatable bonds is 2. The van der Waals surface area contributed by atoms with E-state index in [0.29, 0.717) is 0 Å². The van der Waals surface area contributed by atoms with Crippen LogP contribution in [0.15, 0.2) is 29.3 Å². The molecule has 0 amide bonds. The largest absolute Gasteiger partial charge is 0.468 e. The molecule has 1 aromatic rings. The first-order chi connectivity index (χ1) is 8.31. The van der Waals surface area contributed by atoms with Crippen molar-refractivity contribution in [2.24, 2.45) is 4.99 Å². The maximum absolute atomic E-state index is 11.4. The molecule has 0 spiro atoms. The summed E-state index contributed by atoms with van der Waals surface area (Å²) in [5, 5.41) is 0. The summed E-state index contributed by atoms with van der Waals surface area (Å²) >= 11 is 0. The highest BCUT2D eigenvalue weighted by Gasteiger charge is 2.35. The summed E-state index contributed by atoms with van der Waals surface area (Å²) < 4.78 is 4.72. The van der Waals surface area contributed by atoms with Crippen molar-refractivity contribution in [1.29, 1.82) is 0 Å². The zero-order valence-corrected chi connectivity index (χ0v) is 9.59. The molecule has 1 aromatic carbocycles. The number of ether oxygens (including phenoxy) is 1. The number of esters is 1. The molecule has 0 saturated carbocycles. The first-order valence-corrected chi connectivity index (χ1v) is 5.56. The van der Waals surface area contributed by atoms with E-state index in [9.17, 15) is 4.79 Å². The molecular weight excluding hydrogens is 218 g/mol. The Hall–Kier alpha value is -2.04. The van der Waals surface area contributed by atoms with Crippen LogP contribution in [-0.4, -0.2) is 38.7 Å². The van der Waals surface area contributed by atoms with Crippen molar-refractivity contribution in [3.05, 3.63) is 24.3 Å². The number of hydrogen-bond acceptors (Lipinski definition) is 5. The SMILES string of the molecule is COC(=O)CN1C2=NCCN2c2ccccc21. The summed E-state index contributed by atoms with van der Waals surface area (Å²) in [7, 11) is 1.40. The van der Waals surface area contributed by atoms with Gasteiger partial charge in [-0.2, -0.15) is 0 Å². The van der Waals surface area contributed by atoms with E-state index in [1.165, 1.54) is 7.11 Å². The van der Waals surface area contributed by atoms with Gasteiger partial charge in [0, 0.05) is 6.54 Å². The number of aliphatic imine (C=N–C) groups is 1. The van der Waals surface area contributed by atoms with Gasteiger partial charge in [0.1, 0.15) is 6.54 Å². The number of hydrogen-bond donors (Lipinski definition) is 0. The van der Waals surface area contributed by atoms with Crippen LogP contribution in [0.3, 0.4) is 0 Å². The topological polar surface area (TPSA) is 45.1 Å². The molecule has 0 bridgehead atoms. The summed E-state index contributed by atoms with van der Waals surface area (Å²) in [6.45, 7) is 1.87. The fourth-order valence-corrected chi connectivity index (χ4v) is 2.27. The van der Waals surface area contributed by atoms with Gasteiger partial charge < -0.3 is 9.64 Å². The molecule has 88 valence electrons. The molecule has 0 N–H and O–H groups in total. The molecule has 17 heavy (non-hydrogen) atoms. The fraction of sp³-hybridized carbons (Fsp3) is 0.333. The number of fused-ring (bicyclic) bond motifs is 3. The molecule has 0 unspecified atom stereocenters. The molecule has 0 aromatic heterocycles. The summed E-state index contributed by atoms with van der Waals surface area (Å²) in [5.74, 6) is 0.604. The normalized spacial score (nSPS) is 16.6. The molecule has 0 saturated heterocycles. The predicted molar refractivity (Wildman–Crippen MR) is 65.5 cm³/mol. The van der Waals surface area contributed by atoms with Crippen LogP contribution in [0.25, 0.3) is 0 Å². The molecule has 0 radical (unpaired) electrons. The molecule has 5 nitrogen and oxygen atoms in total. The van der Waals surface area contributed by atoms with Gasteiger partial charge in [-0.1, -0.05) is 12.1 Å².